The number of piperazine rings is 1. The van der Waals surface area contributed by atoms with E-state index in [-0.39, 0.29) is 5.91 Å². The maximum atomic E-state index is 12.7. The number of aromatic nitrogens is 2. The standard InChI is InChI=1S/C19H22N4O2S/c1-3-21-8-10-22(11-9-21)18(24)16-12-23-13-17(26-19(23)20-16)14-4-6-15(25-2)7-5-14/h4-7,12-13H,3,8-11H2,1-2H3. The van der Waals surface area contributed by atoms with Gasteiger partial charge in [-0.25, -0.2) is 4.98 Å². The minimum Gasteiger partial charge on any atom is -0.497 e. The fraction of sp³-hybridized carbons (Fsp3) is 0.368. The summed E-state index contributed by atoms with van der Waals surface area (Å²) < 4.78 is 7.15. The zero-order valence-corrected chi connectivity index (χ0v) is 15.8. The number of hydrogen-bond acceptors (Lipinski definition) is 5. The fourth-order valence-electron chi connectivity index (χ4n) is 3.22. The smallest absolute Gasteiger partial charge is 0.274 e. The first-order valence-corrected chi connectivity index (χ1v) is 9.64. The van der Waals surface area contributed by atoms with Crippen molar-refractivity contribution in [2.45, 2.75) is 6.92 Å². The van der Waals surface area contributed by atoms with Crippen molar-refractivity contribution in [1.82, 2.24) is 19.2 Å². The van der Waals surface area contributed by atoms with Crippen molar-refractivity contribution in [3.05, 3.63) is 42.4 Å². The Kier molecular flexibility index (Phi) is 4.65. The van der Waals surface area contributed by atoms with Crippen LogP contribution in [0.1, 0.15) is 17.4 Å². The second kappa shape index (κ2) is 7.09. The topological polar surface area (TPSA) is 50.1 Å². The summed E-state index contributed by atoms with van der Waals surface area (Å²) >= 11 is 1.58. The fourth-order valence-corrected chi connectivity index (χ4v) is 4.19. The Labute approximate surface area is 156 Å². The number of carbonyl (C=O) groups excluding carboxylic acids is 1. The number of ether oxygens (including phenoxy) is 1. The molecule has 2 aromatic heterocycles. The molecule has 3 aromatic rings. The van der Waals surface area contributed by atoms with Crippen LogP contribution < -0.4 is 4.74 Å². The van der Waals surface area contributed by atoms with Crippen LogP contribution in [0.5, 0.6) is 5.75 Å². The average molecular weight is 370 g/mol. The van der Waals surface area contributed by atoms with Gasteiger partial charge in [0.25, 0.3) is 5.91 Å². The molecule has 0 bridgehead atoms. The van der Waals surface area contributed by atoms with E-state index < -0.39 is 0 Å². The summed E-state index contributed by atoms with van der Waals surface area (Å²) in [7, 11) is 1.66. The SMILES string of the molecule is CCN1CCN(C(=O)c2cn3cc(-c4ccc(OC)cc4)sc3n2)CC1. The van der Waals surface area contributed by atoms with Gasteiger partial charge in [-0.3, -0.25) is 9.20 Å². The molecular weight excluding hydrogens is 348 g/mol. The Balaban J connectivity index is 1.51. The molecule has 0 atom stereocenters. The third kappa shape index (κ3) is 3.20. The molecule has 6 nitrogen and oxygen atoms in total. The predicted octanol–water partition coefficient (Wildman–Crippen LogP) is 2.85. The van der Waals surface area contributed by atoms with Crippen LogP contribution in [0.15, 0.2) is 36.7 Å². The van der Waals surface area contributed by atoms with Crippen molar-refractivity contribution in [2.75, 3.05) is 39.8 Å². The van der Waals surface area contributed by atoms with Gasteiger partial charge in [-0.2, -0.15) is 0 Å². The molecule has 1 aliphatic heterocycles. The number of rotatable bonds is 4. The Morgan fingerprint density at radius 3 is 2.50 bits per heavy atom. The van der Waals surface area contributed by atoms with Gasteiger partial charge in [0.1, 0.15) is 11.4 Å². The highest BCUT2D eigenvalue weighted by molar-refractivity contribution is 7.20. The van der Waals surface area contributed by atoms with Gasteiger partial charge in [0.2, 0.25) is 0 Å². The second-order valence-corrected chi connectivity index (χ2v) is 7.38. The van der Waals surface area contributed by atoms with E-state index in [4.69, 9.17) is 4.74 Å². The molecule has 1 aliphatic rings. The lowest BCUT2D eigenvalue weighted by molar-refractivity contribution is 0.0638. The Morgan fingerprint density at radius 2 is 1.88 bits per heavy atom. The van der Waals surface area contributed by atoms with Gasteiger partial charge in [0.15, 0.2) is 4.96 Å². The summed E-state index contributed by atoms with van der Waals surface area (Å²) in [5.41, 5.74) is 1.65. The first-order valence-electron chi connectivity index (χ1n) is 8.82. The number of likely N-dealkylation sites (N-methyl/N-ethyl adjacent to an activating group) is 1. The highest BCUT2D eigenvalue weighted by Gasteiger charge is 2.23. The highest BCUT2D eigenvalue weighted by Crippen LogP contribution is 2.30. The van der Waals surface area contributed by atoms with Crippen LogP contribution in [0.25, 0.3) is 15.4 Å². The van der Waals surface area contributed by atoms with Crippen LogP contribution >= 0.6 is 11.3 Å². The number of hydrogen-bond donors (Lipinski definition) is 0. The molecule has 7 heteroatoms. The molecule has 0 radical (unpaired) electrons. The van der Waals surface area contributed by atoms with Gasteiger partial charge in [0, 0.05) is 38.6 Å². The summed E-state index contributed by atoms with van der Waals surface area (Å²) in [5.74, 6) is 0.869. The van der Waals surface area contributed by atoms with Gasteiger partial charge >= 0.3 is 0 Å². The lowest BCUT2D eigenvalue weighted by Crippen LogP contribution is -2.48. The molecule has 1 fully saturated rings. The van der Waals surface area contributed by atoms with Crippen molar-refractivity contribution in [1.29, 1.82) is 0 Å². The number of fused-ring (bicyclic) bond motifs is 1. The molecule has 0 saturated carbocycles. The van der Waals surface area contributed by atoms with Crippen LogP contribution in [0.3, 0.4) is 0 Å². The molecular formula is C19H22N4O2S. The molecule has 26 heavy (non-hydrogen) atoms. The Bertz CT molecular complexity index is 876. The van der Waals surface area contributed by atoms with Crippen LogP contribution in [0.2, 0.25) is 0 Å². The third-order valence-corrected chi connectivity index (χ3v) is 5.90. The number of nitrogens with zero attached hydrogens (tertiary/aromatic N) is 4. The number of methoxy groups -OCH3 is 1. The van der Waals surface area contributed by atoms with Crippen molar-refractivity contribution in [3.8, 4) is 16.2 Å². The first-order chi connectivity index (χ1) is 12.7. The molecule has 0 N–H and O–H groups in total. The largest absolute Gasteiger partial charge is 0.497 e. The Hall–Kier alpha value is -2.38. The second-order valence-electron chi connectivity index (χ2n) is 6.37. The predicted molar refractivity (Wildman–Crippen MR) is 103 cm³/mol. The van der Waals surface area contributed by atoms with Gasteiger partial charge < -0.3 is 14.5 Å². The lowest BCUT2D eigenvalue weighted by atomic mass is 10.2. The number of amides is 1. The zero-order valence-electron chi connectivity index (χ0n) is 15.0. The van der Waals surface area contributed by atoms with Crippen molar-refractivity contribution in [2.24, 2.45) is 0 Å². The van der Waals surface area contributed by atoms with Crippen LogP contribution in [0, 0.1) is 0 Å². The minimum absolute atomic E-state index is 0.0302. The van der Waals surface area contributed by atoms with Gasteiger partial charge in [0.05, 0.1) is 12.0 Å². The van der Waals surface area contributed by atoms with E-state index in [9.17, 15) is 4.79 Å². The summed E-state index contributed by atoms with van der Waals surface area (Å²) in [5, 5.41) is 0. The van der Waals surface area contributed by atoms with Gasteiger partial charge in [-0.15, -0.1) is 0 Å². The maximum Gasteiger partial charge on any atom is 0.274 e. The summed E-state index contributed by atoms with van der Waals surface area (Å²) in [4.78, 5) is 23.5. The van der Waals surface area contributed by atoms with Crippen molar-refractivity contribution >= 4 is 22.2 Å². The average Bonchev–Trinajstić information content (AvgIpc) is 3.27. The summed E-state index contributed by atoms with van der Waals surface area (Å²) in [6, 6.07) is 7.96. The van der Waals surface area contributed by atoms with E-state index in [1.165, 1.54) is 0 Å². The number of benzene rings is 1. The normalized spacial score (nSPS) is 15.5. The Morgan fingerprint density at radius 1 is 1.15 bits per heavy atom. The van der Waals surface area contributed by atoms with Crippen LogP contribution in [0.4, 0.5) is 0 Å². The van der Waals surface area contributed by atoms with E-state index in [1.807, 2.05) is 46.0 Å². The molecule has 1 saturated heterocycles. The third-order valence-electron chi connectivity index (χ3n) is 4.86. The molecule has 1 amide bonds. The molecule has 0 unspecified atom stereocenters. The number of thiazole rings is 1. The molecule has 0 aliphatic carbocycles. The number of carbonyl (C=O) groups is 1. The molecule has 1 aromatic carbocycles. The molecule has 136 valence electrons. The monoisotopic (exact) mass is 370 g/mol. The van der Waals surface area contributed by atoms with Gasteiger partial charge in [-0.05, 0) is 36.4 Å². The van der Waals surface area contributed by atoms with Gasteiger partial charge in [-0.1, -0.05) is 18.3 Å². The van der Waals surface area contributed by atoms with E-state index in [0.717, 1.165) is 53.9 Å². The summed E-state index contributed by atoms with van der Waals surface area (Å²) in [6.45, 7) is 6.61. The van der Waals surface area contributed by atoms with Crippen LogP contribution in [-0.2, 0) is 0 Å². The lowest BCUT2D eigenvalue weighted by Gasteiger charge is -2.33. The van der Waals surface area contributed by atoms with Crippen molar-refractivity contribution in [3.63, 3.8) is 0 Å². The molecule has 0 spiro atoms. The van der Waals surface area contributed by atoms with Crippen molar-refractivity contribution < 1.29 is 9.53 Å². The number of imidazole rings is 1. The van der Waals surface area contributed by atoms with E-state index >= 15 is 0 Å². The van der Waals surface area contributed by atoms with E-state index in [2.05, 4.69) is 16.8 Å². The minimum atomic E-state index is 0.0302. The van der Waals surface area contributed by atoms with Crippen LogP contribution in [-0.4, -0.2) is 64.9 Å². The quantitative estimate of drug-likeness (QED) is 0.709. The summed E-state index contributed by atoms with van der Waals surface area (Å²) in [6.07, 6.45) is 3.87. The van der Waals surface area contributed by atoms with E-state index in [0.29, 0.717) is 5.69 Å². The first kappa shape index (κ1) is 17.1. The molecule has 4 rings (SSSR count). The zero-order chi connectivity index (χ0) is 18.1. The highest BCUT2D eigenvalue weighted by atomic mass is 32.1. The van der Waals surface area contributed by atoms with E-state index in [1.54, 1.807) is 18.4 Å². The maximum absolute atomic E-state index is 12.7. The molecule has 3 heterocycles.